The zero-order chi connectivity index (χ0) is 17.0. The molecular formula is C16H23ClN4OS. The molecule has 0 bridgehead atoms. The summed E-state index contributed by atoms with van der Waals surface area (Å²) in [6.07, 6.45) is 0. The van der Waals surface area contributed by atoms with E-state index < -0.39 is 0 Å². The van der Waals surface area contributed by atoms with Crippen LogP contribution in [0.3, 0.4) is 0 Å². The van der Waals surface area contributed by atoms with E-state index in [1.54, 1.807) is 4.90 Å². The minimum Gasteiger partial charge on any atom is -0.343 e. The van der Waals surface area contributed by atoms with Gasteiger partial charge in [0.25, 0.3) is 0 Å². The summed E-state index contributed by atoms with van der Waals surface area (Å²) in [5, 5.41) is 4.31. The third-order valence-corrected chi connectivity index (χ3v) is 4.82. The van der Waals surface area contributed by atoms with E-state index in [2.05, 4.69) is 17.3 Å². The lowest BCUT2D eigenvalue weighted by Crippen LogP contribution is -2.50. The van der Waals surface area contributed by atoms with Crippen LogP contribution < -0.4 is 5.32 Å². The summed E-state index contributed by atoms with van der Waals surface area (Å²) >= 11 is 11.5. The van der Waals surface area contributed by atoms with Crippen molar-refractivity contribution in [2.24, 2.45) is 0 Å². The molecule has 126 valence electrons. The lowest BCUT2D eigenvalue weighted by Gasteiger charge is -2.33. The monoisotopic (exact) mass is 354 g/mol. The Bertz CT molecular complexity index is 587. The van der Waals surface area contributed by atoms with E-state index >= 15 is 0 Å². The van der Waals surface area contributed by atoms with Crippen molar-refractivity contribution >= 4 is 40.5 Å². The highest BCUT2D eigenvalue weighted by Crippen LogP contribution is 2.20. The lowest BCUT2D eigenvalue weighted by atomic mass is 10.2. The maximum atomic E-state index is 12.3. The van der Waals surface area contributed by atoms with Gasteiger partial charge >= 0.3 is 0 Å². The van der Waals surface area contributed by atoms with Gasteiger partial charge < -0.3 is 20.0 Å². The first-order chi connectivity index (χ1) is 10.9. The zero-order valence-electron chi connectivity index (χ0n) is 13.8. The van der Waals surface area contributed by atoms with Crippen LogP contribution in [0, 0.1) is 6.92 Å². The molecule has 7 heteroatoms. The summed E-state index contributed by atoms with van der Waals surface area (Å²) in [7, 11) is 3.89. The maximum Gasteiger partial charge on any atom is 0.242 e. The number of halogens is 1. The van der Waals surface area contributed by atoms with Crippen LogP contribution in [0.5, 0.6) is 0 Å². The highest BCUT2D eigenvalue weighted by atomic mass is 35.5. The summed E-state index contributed by atoms with van der Waals surface area (Å²) in [5.41, 5.74) is 1.84. The molecule has 0 atom stereocenters. The first-order valence-electron chi connectivity index (χ1n) is 7.61. The number of nitrogens with zero attached hydrogens (tertiary/aromatic N) is 3. The Morgan fingerprint density at radius 3 is 2.61 bits per heavy atom. The number of piperazine rings is 1. The largest absolute Gasteiger partial charge is 0.343 e. The van der Waals surface area contributed by atoms with E-state index in [1.165, 1.54) is 0 Å². The SMILES string of the molecule is Cc1ccc(NC(=S)N(C)CC(=O)N2CCN(C)CC2)cc1Cl. The van der Waals surface area contributed by atoms with E-state index in [1.807, 2.05) is 37.1 Å². The Balaban J connectivity index is 1.86. The fourth-order valence-electron chi connectivity index (χ4n) is 2.32. The summed E-state index contributed by atoms with van der Waals surface area (Å²) in [5.74, 6) is 0.103. The number of amides is 1. The second-order valence-electron chi connectivity index (χ2n) is 5.93. The van der Waals surface area contributed by atoms with Crippen molar-refractivity contribution in [1.82, 2.24) is 14.7 Å². The molecule has 0 radical (unpaired) electrons. The molecule has 1 heterocycles. The number of rotatable bonds is 3. The molecule has 2 rings (SSSR count). The van der Waals surface area contributed by atoms with Gasteiger partial charge in [-0.25, -0.2) is 0 Å². The van der Waals surface area contributed by atoms with Gasteiger partial charge in [0.2, 0.25) is 5.91 Å². The number of anilines is 1. The molecular weight excluding hydrogens is 332 g/mol. The molecule has 0 aromatic heterocycles. The van der Waals surface area contributed by atoms with E-state index in [4.69, 9.17) is 23.8 Å². The maximum absolute atomic E-state index is 12.3. The van der Waals surface area contributed by atoms with Gasteiger partial charge in [0.05, 0.1) is 6.54 Å². The summed E-state index contributed by atoms with van der Waals surface area (Å²) < 4.78 is 0. The molecule has 1 aliphatic heterocycles. The van der Waals surface area contributed by atoms with Crippen LogP contribution in [0.25, 0.3) is 0 Å². The third kappa shape index (κ3) is 5.06. The number of aryl methyl sites for hydroxylation is 1. The first kappa shape index (κ1) is 18.0. The molecule has 1 N–H and O–H groups in total. The second kappa shape index (κ2) is 7.95. The van der Waals surface area contributed by atoms with Gasteiger partial charge in [-0.3, -0.25) is 4.79 Å². The molecule has 0 aliphatic carbocycles. The fourth-order valence-corrected chi connectivity index (χ4v) is 2.68. The van der Waals surface area contributed by atoms with E-state index in [9.17, 15) is 4.79 Å². The number of benzene rings is 1. The molecule has 1 aliphatic rings. The van der Waals surface area contributed by atoms with Crippen LogP contribution in [0.4, 0.5) is 5.69 Å². The van der Waals surface area contributed by atoms with Gasteiger partial charge in [-0.15, -0.1) is 0 Å². The highest BCUT2D eigenvalue weighted by molar-refractivity contribution is 7.80. The molecule has 1 amide bonds. The van der Waals surface area contributed by atoms with Crippen LogP contribution in [0.1, 0.15) is 5.56 Å². The number of nitrogens with one attached hydrogen (secondary N) is 1. The summed E-state index contributed by atoms with van der Waals surface area (Å²) in [6, 6.07) is 5.69. The van der Waals surface area contributed by atoms with Gasteiger partial charge in [0, 0.05) is 43.9 Å². The Hall–Kier alpha value is -1.37. The van der Waals surface area contributed by atoms with Crippen LogP contribution in [0.15, 0.2) is 18.2 Å². The van der Waals surface area contributed by atoms with Crippen LogP contribution in [-0.2, 0) is 4.79 Å². The van der Waals surface area contributed by atoms with Crippen LogP contribution >= 0.6 is 23.8 Å². The molecule has 1 aromatic carbocycles. The fraction of sp³-hybridized carbons (Fsp3) is 0.500. The minimum atomic E-state index is 0.103. The van der Waals surface area contributed by atoms with Crippen molar-refractivity contribution in [3.8, 4) is 0 Å². The van der Waals surface area contributed by atoms with E-state index in [0.29, 0.717) is 10.1 Å². The lowest BCUT2D eigenvalue weighted by molar-refractivity contribution is -0.132. The number of hydrogen-bond acceptors (Lipinski definition) is 3. The van der Waals surface area contributed by atoms with Crippen molar-refractivity contribution < 1.29 is 4.79 Å². The Morgan fingerprint density at radius 1 is 1.35 bits per heavy atom. The van der Waals surface area contributed by atoms with Crippen molar-refractivity contribution in [2.45, 2.75) is 6.92 Å². The number of likely N-dealkylation sites (N-methyl/N-ethyl adjacent to an activating group) is 2. The molecule has 0 unspecified atom stereocenters. The first-order valence-corrected chi connectivity index (χ1v) is 8.40. The number of thiocarbonyl (C=S) groups is 1. The van der Waals surface area contributed by atoms with E-state index in [0.717, 1.165) is 37.4 Å². The van der Waals surface area contributed by atoms with Crippen molar-refractivity contribution in [1.29, 1.82) is 0 Å². The molecule has 1 saturated heterocycles. The molecule has 1 fully saturated rings. The molecule has 1 aromatic rings. The summed E-state index contributed by atoms with van der Waals surface area (Å²) in [6.45, 7) is 5.61. The average molecular weight is 355 g/mol. The number of hydrogen-bond donors (Lipinski definition) is 1. The quantitative estimate of drug-likeness (QED) is 0.841. The normalized spacial score (nSPS) is 15.4. The van der Waals surface area contributed by atoms with Crippen molar-refractivity contribution in [3.63, 3.8) is 0 Å². The third-order valence-electron chi connectivity index (χ3n) is 4.00. The van der Waals surface area contributed by atoms with Crippen molar-refractivity contribution in [2.75, 3.05) is 52.1 Å². The van der Waals surface area contributed by atoms with Gasteiger partial charge in [-0.2, -0.15) is 0 Å². The van der Waals surface area contributed by atoms with Crippen molar-refractivity contribution in [3.05, 3.63) is 28.8 Å². The number of carbonyl (C=O) groups excluding carboxylic acids is 1. The molecule has 0 spiro atoms. The second-order valence-corrected chi connectivity index (χ2v) is 6.73. The Kier molecular flexibility index (Phi) is 6.21. The zero-order valence-corrected chi connectivity index (χ0v) is 15.4. The van der Waals surface area contributed by atoms with Gasteiger partial charge in [0.15, 0.2) is 5.11 Å². The van der Waals surface area contributed by atoms with Gasteiger partial charge in [-0.05, 0) is 43.9 Å². The predicted octanol–water partition coefficient (Wildman–Crippen LogP) is 2.05. The average Bonchev–Trinajstić information content (AvgIpc) is 2.51. The summed E-state index contributed by atoms with van der Waals surface area (Å²) in [4.78, 5) is 18.2. The Labute approximate surface area is 148 Å². The Morgan fingerprint density at radius 2 is 2.00 bits per heavy atom. The predicted molar refractivity (Wildman–Crippen MR) is 99.1 cm³/mol. The molecule has 23 heavy (non-hydrogen) atoms. The number of carbonyl (C=O) groups is 1. The molecule has 0 saturated carbocycles. The highest BCUT2D eigenvalue weighted by Gasteiger charge is 2.20. The van der Waals surface area contributed by atoms with Gasteiger partial charge in [0.1, 0.15) is 0 Å². The standard InChI is InChI=1S/C16H23ClN4OS/c1-12-4-5-13(10-14(12)17)18-16(23)20(3)11-15(22)21-8-6-19(2)7-9-21/h4-5,10H,6-9,11H2,1-3H3,(H,18,23). The minimum absolute atomic E-state index is 0.103. The topological polar surface area (TPSA) is 38.8 Å². The van der Waals surface area contributed by atoms with E-state index in [-0.39, 0.29) is 12.5 Å². The van der Waals surface area contributed by atoms with Gasteiger partial charge in [-0.1, -0.05) is 17.7 Å². The van der Waals surface area contributed by atoms with Crippen LogP contribution in [-0.4, -0.2) is 72.5 Å². The smallest absolute Gasteiger partial charge is 0.242 e. The van der Waals surface area contributed by atoms with Crippen LogP contribution in [0.2, 0.25) is 5.02 Å². The molecule has 5 nitrogen and oxygen atoms in total.